The van der Waals surface area contributed by atoms with Gasteiger partial charge in [-0.2, -0.15) is 0 Å². The molecule has 3 nitrogen and oxygen atoms in total. The number of rotatable bonds is 8. The molecule has 1 aromatic rings. The molecule has 0 saturated heterocycles. The lowest BCUT2D eigenvalue weighted by Gasteiger charge is -2.09. The highest BCUT2D eigenvalue weighted by molar-refractivity contribution is 4.92. The van der Waals surface area contributed by atoms with Gasteiger partial charge in [-0.15, -0.1) is 0 Å². The fourth-order valence-corrected chi connectivity index (χ4v) is 1.66. The minimum absolute atomic E-state index is 0.336. The van der Waals surface area contributed by atoms with E-state index in [-0.39, 0.29) is 0 Å². The van der Waals surface area contributed by atoms with Gasteiger partial charge in [0.05, 0.1) is 6.10 Å². The summed E-state index contributed by atoms with van der Waals surface area (Å²) in [6, 6.07) is 0. The van der Waals surface area contributed by atoms with Gasteiger partial charge in [-0.3, -0.25) is 0 Å². The minimum atomic E-state index is 0.336. The lowest BCUT2D eigenvalue weighted by atomic mass is 10.2. The van der Waals surface area contributed by atoms with E-state index in [1.54, 1.807) is 0 Å². The van der Waals surface area contributed by atoms with E-state index in [2.05, 4.69) is 36.5 Å². The van der Waals surface area contributed by atoms with Crippen molar-refractivity contribution in [1.29, 1.82) is 0 Å². The highest BCUT2D eigenvalue weighted by atomic mass is 16.5. The Morgan fingerprint density at radius 2 is 2.19 bits per heavy atom. The van der Waals surface area contributed by atoms with Gasteiger partial charge < -0.3 is 9.30 Å². The van der Waals surface area contributed by atoms with E-state index in [1.165, 1.54) is 18.7 Å². The molecule has 0 aliphatic rings. The Bertz CT molecular complexity index is 281. The molecule has 0 aliphatic carbocycles. The van der Waals surface area contributed by atoms with E-state index in [9.17, 15) is 0 Å². The topological polar surface area (TPSA) is 27.1 Å². The van der Waals surface area contributed by atoms with Crippen molar-refractivity contribution in [2.45, 2.75) is 59.1 Å². The van der Waals surface area contributed by atoms with Gasteiger partial charge in [0, 0.05) is 32.0 Å². The van der Waals surface area contributed by atoms with Crippen LogP contribution < -0.4 is 0 Å². The molecular weight excluding hydrogens is 200 g/mol. The van der Waals surface area contributed by atoms with Crippen LogP contribution in [0.15, 0.2) is 12.4 Å². The maximum absolute atomic E-state index is 5.53. The van der Waals surface area contributed by atoms with Crippen LogP contribution in [0.3, 0.4) is 0 Å². The number of imidazole rings is 1. The third-order valence-electron chi connectivity index (χ3n) is 2.55. The summed E-state index contributed by atoms with van der Waals surface area (Å²) >= 11 is 0. The normalized spacial score (nSPS) is 11.2. The molecule has 92 valence electrons. The summed E-state index contributed by atoms with van der Waals surface area (Å²) < 4.78 is 7.78. The fourth-order valence-electron chi connectivity index (χ4n) is 1.66. The molecule has 3 heteroatoms. The zero-order valence-corrected chi connectivity index (χ0v) is 10.8. The molecule has 0 saturated carbocycles. The monoisotopic (exact) mass is 224 g/mol. The summed E-state index contributed by atoms with van der Waals surface area (Å²) in [4.78, 5) is 4.39. The van der Waals surface area contributed by atoms with Crippen molar-refractivity contribution in [3.05, 3.63) is 18.2 Å². The van der Waals surface area contributed by atoms with Crippen molar-refractivity contribution < 1.29 is 4.74 Å². The average Bonchev–Trinajstić information content (AvgIpc) is 2.69. The summed E-state index contributed by atoms with van der Waals surface area (Å²) in [6.07, 6.45) is 8.90. The molecule has 16 heavy (non-hydrogen) atoms. The van der Waals surface area contributed by atoms with Crippen LogP contribution in [-0.4, -0.2) is 22.3 Å². The van der Waals surface area contributed by atoms with Crippen molar-refractivity contribution in [3.8, 4) is 0 Å². The SMILES string of the molecule is CCCCc1nccn1CCCOC(C)C. The Labute approximate surface area is 98.8 Å². The maximum Gasteiger partial charge on any atom is 0.108 e. The summed E-state index contributed by atoms with van der Waals surface area (Å²) in [5, 5.41) is 0. The van der Waals surface area contributed by atoms with Gasteiger partial charge in [0.15, 0.2) is 0 Å². The number of aryl methyl sites for hydroxylation is 2. The van der Waals surface area contributed by atoms with Crippen molar-refractivity contribution in [2.75, 3.05) is 6.61 Å². The van der Waals surface area contributed by atoms with Gasteiger partial charge in [-0.05, 0) is 26.7 Å². The predicted octanol–water partition coefficient (Wildman–Crippen LogP) is 3.04. The summed E-state index contributed by atoms with van der Waals surface area (Å²) in [5.74, 6) is 1.21. The lowest BCUT2D eigenvalue weighted by molar-refractivity contribution is 0.0747. The van der Waals surface area contributed by atoms with Crippen molar-refractivity contribution >= 4 is 0 Å². The van der Waals surface area contributed by atoms with Crippen molar-refractivity contribution in [2.24, 2.45) is 0 Å². The first kappa shape index (κ1) is 13.2. The van der Waals surface area contributed by atoms with Crippen molar-refractivity contribution in [3.63, 3.8) is 0 Å². The Balaban J connectivity index is 2.27. The number of ether oxygens (including phenoxy) is 1. The number of nitrogens with zero attached hydrogens (tertiary/aromatic N) is 2. The summed E-state index contributed by atoms with van der Waals surface area (Å²) in [5.41, 5.74) is 0. The molecule has 1 aromatic heterocycles. The molecule has 0 N–H and O–H groups in total. The van der Waals surface area contributed by atoms with E-state index in [1.807, 2.05) is 6.20 Å². The maximum atomic E-state index is 5.53. The van der Waals surface area contributed by atoms with Crippen LogP contribution in [0, 0.1) is 0 Å². The number of hydrogen-bond acceptors (Lipinski definition) is 2. The first-order valence-electron chi connectivity index (χ1n) is 6.35. The van der Waals surface area contributed by atoms with Gasteiger partial charge in [0.2, 0.25) is 0 Å². The molecule has 0 aromatic carbocycles. The van der Waals surface area contributed by atoms with Gasteiger partial charge in [-0.1, -0.05) is 13.3 Å². The molecule has 0 amide bonds. The Morgan fingerprint density at radius 3 is 2.88 bits per heavy atom. The smallest absolute Gasteiger partial charge is 0.108 e. The Kier molecular flexibility index (Phi) is 6.16. The van der Waals surface area contributed by atoms with Crippen LogP contribution in [0.25, 0.3) is 0 Å². The number of unbranched alkanes of at least 4 members (excludes halogenated alkanes) is 1. The van der Waals surface area contributed by atoms with E-state index >= 15 is 0 Å². The molecule has 0 atom stereocenters. The lowest BCUT2D eigenvalue weighted by Crippen LogP contribution is -2.09. The first-order valence-corrected chi connectivity index (χ1v) is 6.35. The van der Waals surface area contributed by atoms with Crippen LogP contribution >= 0.6 is 0 Å². The largest absolute Gasteiger partial charge is 0.379 e. The third-order valence-corrected chi connectivity index (χ3v) is 2.55. The standard InChI is InChI=1S/C13H24N2O/c1-4-5-7-13-14-8-10-15(13)9-6-11-16-12(2)3/h8,10,12H,4-7,9,11H2,1-3H3. The van der Waals surface area contributed by atoms with Crippen LogP contribution in [-0.2, 0) is 17.7 Å². The Hall–Kier alpha value is -0.830. The zero-order valence-electron chi connectivity index (χ0n) is 10.8. The average molecular weight is 224 g/mol. The van der Waals surface area contributed by atoms with Crippen LogP contribution in [0.1, 0.15) is 45.9 Å². The number of hydrogen-bond donors (Lipinski definition) is 0. The molecule has 0 radical (unpaired) electrons. The second-order valence-corrected chi connectivity index (χ2v) is 4.41. The van der Waals surface area contributed by atoms with Crippen LogP contribution in [0.5, 0.6) is 0 Å². The molecule has 0 unspecified atom stereocenters. The van der Waals surface area contributed by atoms with Gasteiger partial charge >= 0.3 is 0 Å². The van der Waals surface area contributed by atoms with E-state index in [0.29, 0.717) is 6.10 Å². The molecule has 0 bridgehead atoms. The molecule has 0 spiro atoms. The second kappa shape index (κ2) is 7.44. The highest BCUT2D eigenvalue weighted by Gasteiger charge is 2.02. The second-order valence-electron chi connectivity index (χ2n) is 4.41. The first-order chi connectivity index (χ1) is 7.74. The van der Waals surface area contributed by atoms with Gasteiger partial charge in [0.25, 0.3) is 0 Å². The van der Waals surface area contributed by atoms with Gasteiger partial charge in [-0.25, -0.2) is 4.98 Å². The molecular formula is C13H24N2O. The van der Waals surface area contributed by atoms with Crippen LogP contribution in [0.4, 0.5) is 0 Å². The Morgan fingerprint density at radius 1 is 1.38 bits per heavy atom. The minimum Gasteiger partial charge on any atom is -0.379 e. The van der Waals surface area contributed by atoms with Crippen LogP contribution in [0.2, 0.25) is 0 Å². The highest BCUT2D eigenvalue weighted by Crippen LogP contribution is 2.04. The molecule has 0 aliphatic heterocycles. The van der Waals surface area contributed by atoms with Gasteiger partial charge in [0.1, 0.15) is 5.82 Å². The fraction of sp³-hybridized carbons (Fsp3) is 0.769. The molecule has 1 rings (SSSR count). The summed E-state index contributed by atoms with van der Waals surface area (Å²) in [7, 11) is 0. The molecule has 0 fully saturated rings. The zero-order chi connectivity index (χ0) is 11.8. The van der Waals surface area contributed by atoms with Crippen molar-refractivity contribution in [1.82, 2.24) is 9.55 Å². The molecule has 1 heterocycles. The third kappa shape index (κ3) is 4.79. The summed E-state index contributed by atoms with van der Waals surface area (Å²) in [6.45, 7) is 8.21. The van der Waals surface area contributed by atoms with E-state index in [0.717, 1.165) is 26.0 Å². The van der Waals surface area contributed by atoms with E-state index < -0.39 is 0 Å². The quantitative estimate of drug-likeness (QED) is 0.635. The van der Waals surface area contributed by atoms with E-state index in [4.69, 9.17) is 4.74 Å². The predicted molar refractivity (Wildman–Crippen MR) is 66.5 cm³/mol. The number of aromatic nitrogens is 2.